The van der Waals surface area contributed by atoms with Gasteiger partial charge in [0.05, 0.1) is 6.20 Å². The number of H-pyrrole nitrogens is 1. The van der Waals surface area contributed by atoms with Crippen LogP contribution in [0.25, 0.3) is 11.1 Å². The summed E-state index contributed by atoms with van der Waals surface area (Å²) in [5.41, 5.74) is 3.41. The van der Waals surface area contributed by atoms with E-state index < -0.39 is 0 Å². The van der Waals surface area contributed by atoms with Crippen LogP contribution in [0.15, 0.2) is 60.9 Å². The molecule has 1 unspecified atom stereocenters. The Hall–Kier alpha value is -2.30. The minimum absolute atomic E-state index is 0.000116. The number of nitrogens with one attached hydrogen (secondary N) is 1. The van der Waals surface area contributed by atoms with Crippen LogP contribution in [-0.4, -0.2) is 34.7 Å². The Kier molecular flexibility index (Phi) is 4.72. The molecule has 1 saturated heterocycles. The summed E-state index contributed by atoms with van der Waals surface area (Å²) in [5.74, 6) is 0.842. The molecule has 3 aromatic rings. The van der Waals surface area contributed by atoms with E-state index >= 15 is 0 Å². The number of halogens is 1. The van der Waals surface area contributed by atoms with Gasteiger partial charge in [-0.25, -0.2) is 0 Å². The fraction of sp³-hybridized carbons (Fsp3) is 0.250. The molecule has 2 heterocycles. The van der Waals surface area contributed by atoms with Gasteiger partial charge in [0, 0.05) is 23.3 Å². The van der Waals surface area contributed by atoms with Crippen LogP contribution < -0.4 is 4.74 Å². The normalized spacial score (nSPS) is 15.6. The van der Waals surface area contributed by atoms with Gasteiger partial charge in [0.25, 0.3) is 0 Å². The van der Waals surface area contributed by atoms with Crippen LogP contribution in [0.5, 0.6) is 5.75 Å². The summed E-state index contributed by atoms with van der Waals surface area (Å²) in [4.78, 5) is 2.42. The first-order valence-electron chi connectivity index (χ1n) is 8.51. The number of nitrogens with zero attached hydrogens (tertiary/aromatic N) is 2. The SMILES string of the molecule is Clc1ccc(OC(CN2CCC2)c2ccc(-c3cn[nH]c3)cc2)cc1. The summed E-state index contributed by atoms with van der Waals surface area (Å²) >= 11 is 5.98. The first kappa shape index (κ1) is 16.2. The summed E-state index contributed by atoms with van der Waals surface area (Å²) in [7, 11) is 0. The number of rotatable bonds is 6. The van der Waals surface area contributed by atoms with Crippen molar-refractivity contribution in [3.05, 3.63) is 71.5 Å². The Morgan fingerprint density at radius 2 is 1.80 bits per heavy atom. The van der Waals surface area contributed by atoms with Crippen LogP contribution in [0.2, 0.25) is 5.02 Å². The van der Waals surface area contributed by atoms with Gasteiger partial charge >= 0.3 is 0 Å². The summed E-state index contributed by atoms with van der Waals surface area (Å²) in [6, 6.07) is 16.1. The zero-order chi connectivity index (χ0) is 17.1. The Bertz CT molecular complexity index is 796. The number of benzene rings is 2. The van der Waals surface area contributed by atoms with E-state index in [2.05, 4.69) is 39.4 Å². The van der Waals surface area contributed by atoms with E-state index in [4.69, 9.17) is 16.3 Å². The topological polar surface area (TPSA) is 41.1 Å². The van der Waals surface area contributed by atoms with Crippen molar-refractivity contribution in [2.24, 2.45) is 0 Å². The molecule has 1 atom stereocenters. The van der Waals surface area contributed by atoms with Crippen LogP contribution in [0.4, 0.5) is 0 Å². The van der Waals surface area contributed by atoms with E-state index in [1.807, 2.05) is 36.7 Å². The van der Waals surface area contributed by atoms with Gasteiger partial charge in [-0.3, -0.25) is 10.00 Å². The largest absolute Gasteiger partial charge is 0.484 e. The first-order valence-corrected chi connectivity index (χ1v) is 8.89. The average Bonchev–Trinajstić information content (AvgIpc) is 3.13. The maximum atomic E-state index is 6.27. The highest BCUT2D eigenvalue weighted by molar-refractivity contribution is 6.30. The van der Waals surface area contributed by atoms with Crippen molar-refractivity contribution >= 4 is 11.6 Å². The predicted molar refractivity (Wildman–Crippen MR) is 99.9 cm³/mol. The molecule has 4 rings (SSSR count). The molecule has 1 aliphatic heterocycles. The zero-order valence-corrected chi connectivity index (χ0v) is 14.6. The molecule has 1 N–H and O–H groups in total. The number of likely N-dealkylation sites (tertiary alicyclic amines) is 1. The molecule has 1 aliphatic rings. The molecule has 128 valence electrons. The Morgan fingerprint density at radius 3 is 2.40 bits per heavy atom. The van der Waals surface area contributed by atoms with Gasteiger partial charge in [-0.2, -0.15) is 5.10 Å². The van der Waals surface area contributed by atoms with Gasteiger partial charge in [0.15, 0.2) is 0 Å². The second kappa shape index (κ2) is 7.30. The Morgan fingerprint density at radius 1 is 1.04 bits per heavy atom. The first-order chi connectivity index (χ1) is 12.3. The Balaban J connectivity index is 1.55. The molecule has 25 heavy (non-hydrogen) atoms. The fourth-order valence-corrected chi connectivity index (χ4v) is 3.11. The van der Waals surface area contributed by atoms with Gasteiger partial charge < -0.3 is 4.74 Å². The maximum absolute atomic E-state index is 6.27. The number of aromatic nitrogens is 2. The predicted octanol–water partition coefficient (Wildman–Crippen LogP) is 4.56. The number of hydrogen-bond donors (Lipinski definition) is 1. The molecule has 0 amide bonds. The summed E-state index contributed by atoms with van der Waals surface area (Å²) in [6.07, 6.45) is 5.00. The monoisotopic (exact) mass is 353 g/mol. The van der Waals surface area contributed by atoms with Crippen molar-refractivity contribution in [1.82, 2.24) is 15.1 Å². The van der Waals surface area contributed by atoms with Crippen molar-refractivity contribution < 1.29 is 4.74 Å². The lowest BCUT2D eigenvalue weighted by atomic mass is 10.0. The summed E-state index contributed by atoms with van der Waals surface area (Å²) in [5, 5.41) is 7.58. The van der Waals surface area contributed by atoms with Crippen LogP contribution in [-0.2, 0) is 0 Å². The van der Waals surface area contributed by atoms with Crippen molar-refractivity contribution in [2.75, 3.05) is 19.6 Å². The van der Waals surface area contributed by atoms with Crippen molar-refractivity contribution in [2.45, 2.75) is 12.5 Å². The van der Waals surface area contributed by atoms with Gasteiger partial charge in [-0.05, 0) is 54.9 Å². The molecule has 1 fully saturated rings. The van der Waals surface area contributed by atoms with E-state index in [1.165, 1.54) is 12.0 Å². The van der Waals surface area contributed by atoms with Gasteiger partial charge in [0.2, 0.25) is 0 Å². The minimum atomic E-state index is -0.000116. The second-order valence-electron chi connectivity index (χ2n) is 6.32. The lowest BCUT2D eigenvalue weighted by Gasteiger charge is -2.34. The second-order valence-corrected chi connectivity index (χ2v) is 6.76. The average molecular weight is 354 g/mol. The van der Waals surface area contributed by atoms with Crippen molar-refractivity contribution in [3.8, 4) is 16.9 Å². The molecule has 1 aromatic heterocycles. The van der Waals surface area contributed by atoms with Gasteiger partial charge in [-0.1, -0.05) is 35.9 Å². The fourth-order valence-electron chi connectivity index (χ4n) is 2.99. The molecule has 0 spiro atoms. The molecule has 2 aromatic carbocycles. The highest BCUT2D eigenvalue weighted by Crippen LogP contribution is 2.27. The minimum Gasteiger partial charge on any atom is -0.484 e. The number of ether oxygens (including phenoxy) is 1. The molecular formula is C20H20ClN3O. The Labute approximate surface area is 152 Å². The zero-order valence-electron chi connectivity index (χ0n) is 13.9. The molecule has 0 bridgehead atoms. The van der Waals surface area contributed by atoms with E-state index in [1.54, 1.807) is 0 Å². The number of hydrogen-bond acceptors (Lipinski definition) is 3. The summed E-state index contributed by atoms with van der Waals surface area (Å²) < 4.78 is 6.27. The van der Waals surface area contributed by atoms with Crippen LogP contribution in [0.1, 0.15) is 18.1 Å². The molecule has 4 nitrogen and oxygen atoms in total. The third-order valence-corrected chi connectivity index (χ3v) is 4.83. The van der Waals surface area contributed by atoms with Gasteiger partial charge in [0.1, 0.15) is 11.9 Å². The lowest BCUT2D eigenvalue weighted by molar-refractivity contribution is 0.0938. The third kappa shape index (κ3) is 3.86. The summed E-state index contributed by atoms with van der Waals surface area (Å²) in [6.45, 7) is 3.19. The van der Waals surface area contributed by atoms with E-state index in [-0.39, 0.29) is 6.10 Å². The van der Waals surface area contributed by atoms with E-state index in [9.17, 15) is 0 Å². The molecular weight excluding hydrogens is 334 g/mol. The highest BCUT2D eigenvalue weighted by Gasteiger charge is 2.22. The lowest BCUT2D eigenvalue weighted by Crippen LogP contribution is -2.41. The molecule has 5 heteroatoms. The number of aromatic amines is 1. The third-order valence-electron chi connectivity index (χ3n) is 4.58. The molecule has 0 saturated carbocycles. The standard InChI is InChI=1S/C20H20ClN3O/c21-18-6-8-19(9-7-18)25-20(14-24-10-1-11-24)16-4-2-15(3-5-16)17-12-22-23-13-17/h2-9,12-13,20H,1,10-11,14H2,(H,22,23). The smallest absolute Gasteiger partial charge is 0.136 e. The van der Waals surface area contributed by atoms with Crippen molar-refractivity contribution in [3.63, 3.8) is 0 Å². The highest BCUT2D eigenvalue weighted by atomic mass is 35.5. The van der Waals surface area contributed by atoms with Crippen LogP contribution in [0, 0.1) is 0 Å². The molecule has 0 aliphatic carbocycles. The van der Waals surface area contributed by atoms with E-state index in [0.717, 1.165) is 41.5 Å². The van der Waals surface area contributed by atoms with Crippen LogP contribution in [0.3, 0.4) is 0 Å². The molecule has 0 radical (unpaired) electrons. The van der Waals surface area contributed by atoms with Crippen LogP contribution >= 0.6 is 11.6 Å². The quantitative estimate of drug-likeness (QED) is 0.706. The van der Waals surface area contributed by atoms with Crippen molar-refractivity contribution in [1.29, 1.82) is 0 Å². The van der Waals surface area contributed by atoms with E-state index in [0.29, 0.717) is 0 Å². The van der Waals surface area contributed by atoms with Gasteiger partial charge in [-0.15, -0.1) is 0 Å². The maximum Gasteiger partial charge on any atom is 0.136 e.